The van der Waals surface area contributed by atoms with Crippen molar-refractivity contribution in [1.82, 2.24) is 5.32 Å². The quantitative estimate of drug-likeness (QED) is 0.884. The first-order valence-corrected chi connectivity index (χ1v) is 7.10. The molecule has 4 nitrogen and oxygen atoms in total. The second kappa shape index (κ2) is 6.96. The Morgan fingerprint density at radius 3 is 2.76 bits per heavy atom. The Hall–Kier alpha value is -2.25. The highest BCUT2D eigenvalue weighted by Crippen LogP contribution is 2.22. The fourth-order valence-corrected chi connectivity index (χ4v) is 2.16. The van der Waals surface area contributed by atoms with Crippen LogP contribution in [0.25, 0.3) is 0 Å². The molecule has 1 N–H and O–H groups in total. The van der Waals surface area contributed by atoms with Gasteiger partial charge in [0.05, 0.1) is 24.1 Å². The van der Waals surface area contributed by atoms with Gasteiger partial charge >= 0.3 is 0 Å². The van der Waals surface area contributed by atoms with Crippen LogP contribution in [-0.2, 0) is 13.1 Å². The maximum Gasteiger partial charge on any atom is 0.123 e. The molecule has 110 valence electrons. The molecule has 1 aromatic heterocycles. The first-order chi connectivity index (χ1) is 10.1. The van der Waals surface area contributed by atoms with E-state index in [1.807, 2.05) is 36.2 Å². The van der Waals surface area contributed by atoms with Gasteiger partial charge in [-0.3, -0.25) is 0 Å². The summed E-state index contributed by atoms with van der Waals surface area (Å²) in [5, 5.41) is 12.7. The summed E-state index contributed by atoms with van der Waals surface area (Å²) >= 11 is 0. The fraction of sp³-hybridized carbons (Fsp3) is 0.353. The molecule has 1 aromatic carbocycles. The Labute approximate surface area is 126 Å². The van der Waals surface area contributed by atoms with Gasteiger partial charge in [0, 0.05) is 19.6 Å². The van der Waals surface area contributed by atoms with Crippen molar-refractivity contribution in [2.45, 2.75) is 33.0 Å². The van der Waals surface area contributed by atoms with Crippen LogP contribution in [0.15, 0.2) is 41.0 Å². The first kappa shape index (κ1) is 15.1. The van der Waals surface area contributed by atoms with Gasteiger partial charge in [0.25, 0.3) is 0 Å². The van der Waals surface area contributed by atoms with E-state index in [1.165, 1.54) is 0 Å². The van der Waals surface area contributed by atoms with Crippen molar-refractivity contribution in [3.63, 3.8) is 0 Å². The van der Waals surface area contributed by atoms with Gasteiger partial charge in [-0.2, -0.15) is 5.26 Å². The minimum atomic E-state index is 0.428. The lowest BCUT2D eigenvalue weighted by Crippen LogP contribution is -2.22. The molecule has 0 radical (unpaired) electrons. The molecule has 0 aliphatic heterocycles. The normalized spacial score (nSPS) is 10.6. The number of hydrogen-bond donors (Lipinski definition) is 1. The molecule has 2 aromatic rings. The summed E-state index contributed by atoms with van der Waals surface area (Å²) in [7, 11) is 1.96. The Morgan fingerprint density at radius 2 is 2.14 bits per heavy atom. The molecule has 0 atom stereocenters. The van der Waals surface area contributed by atoms with Gasteiger partial charge in [0.1, 0.15) is 11.8 Å². The lowest BCUT2D eigenvalue weighted by molar-refractivity contribution is 0.507. The molecule has 0 unspecified atom stereocenters. The lowest BCUT2D eigenvalue weighted by Gasteiger charge is -2.20. The number of hydrogen-bond acceptors (Lipinski definition) is 4. The SMILES string of the molecule is CC(C)NCc1ccc(N(C)Cc2ccco2)c(C#N)c1. The number of nitrogens with zero attached hydrogens (tertiary/aromatic N) is 2. The predicted octanol–water partition coefficient (Wildman–Crippen LogP) is 3.29. The van der Waals surface area contributed by atoms with Crippen molar-refractivity contribution in [1.29, 1.82) is 5.26 Å². The smallest absolute Gasteiger partial charge is 0.123 e. The van der Waals surface area contributed by atoms with Gasteiger partial charge in [0.2, 0.25) is 0 Å². The molecular formula is C17H21N3O. The number of furan rings is 1. The highest BCUT2D eigenvalue weighted by atomic mass is 16.3. The zero-order chi connectivity index (χ0) is 15.2. The van der Waals surface area contributed by atoms with Gasteiger partial charge in [-0.15, -0.1) is 0 Å². The minimum absolute atomic E-state index is 0.428. The van der Waals surface area contributed by atoms with E-state index >= 15 is 0 Å². The third kappa shape index (κ3) is 4.11. The van der Waals surface area contributed by atoms with E-state index in [1.54, 1.807) is 6.26 Å². The zero-order valence-corrected chi connectivity index (χ0v) is 12.8. The van der Waals surface area contributed by atoms with E-state index in [0.717, 1.165) is 23.6 Å². The highest BCUT2D eigenvalue weighted by molar-refractivity contribution is 5.60. The molecule has 0 saturated carbocycles. The average Bonchev–Trinajstić information content (AvgIpc) is 2.97. The molecule has 0 amide bonds. The van der Waals surface area contributed by atoms with Gasteiger partial charge in [-0.05, 0) is 29.8 Å². The van der Waals surface area contributed by atoms with Crippen LogP contribution in [0.2, 0.25) is 0 Å². The standard InChI is InChI=1S/C17H21N3O/c1-13(2)19-11-14-6-7-17(15(9-14)10-18)20(3)12-16-5-4-8-21-16/h4-9,13,19H,11-12H2,1-3H3. The predicted molar refractivity (Wildman–Crippen MR) is 83.9 cm³/mol. The summed E-state index contributed by atoms with van der Waals surface area (Å²) < 4.78 is 5.35. The van der Waals surface area contributed by atoms with E-state index in [0.29, 0.717) is 18.2 Å². The number of benzene rings is 1. The molecule has 21 heavy (non-hydrogen) atoms. The van der Waals surface area contributed by atoms with Crippen molar-refractivity contribution in [3.05, 3.63) is 53.5 Å². The molecule has 0 aliphatic carbocycles. The molecule has 0 spiro atoms. The molecule has 2 rings (SSSR count). The summed E-state index contributed by atoms with van der Waals surface area (Å²) in [6.07, 6.45) is 1.66. The number of anilines is 1. The minimum Gasteiger partial charge on any atom is -0.467 e. The first-order valence-electron chi connectivity index (χ1n) is 7.10. The third-order valence-electron chi connectivity index (χ3n) is 3.28. The van der Waals surface area contributed by atoms with Crippen LogP contribution in [0, 0.1) is 11.3 Å². The van der Waals surface area contributed by atoms with Crippen molar-refractivity contribution >= 4 is 5.69 Å². The molecule has 0 bridgehead atoms. The van der Waals surface area contributed by atoms with Crippen LogP contribution < -0.4 is 10.2 Å². The van der Waals surface area contributed by atoms with Crippen molar-refractivity contribution < 1.29 is 4.42 Å². The van der Waals surface area contributed by atoms with Gasteiger partial charge in [-0.1, -0.05) is 19.9 Å². The van der Waals surface area contributed by atoms with Gasteiger partial charge in [0.15, 0.2) is 0 Å². The average molecular weight is 283 g/mol. The maximum atomic E-state index is 9.37. The van der Waals surface area contributed by atoms with Crippen molar-refractivity contribution in [2.24, 2.45) is 0 Å². The van der Waals surface area contributed by atoms with Crippen LogP contribution in [0.1, 0.15) is 30.7 Å². The Balaban J connectivity index is 2.14. The Kier molecular flexibility index (Phi) is 5.02. The monoisotopic (exact) mass is 283 g/mol. The molecule has 0 saturated heterocycles. The van der Waals surface area contributed by atoms with E-state index in [9.17, 15) is 5.26 Å². The second-order valence-electron chi connectivity index (χ2n) is 5.43. The van der Waals surface area contributed by atoms with Crippen LogP contribution >= 0.6 is 0 Å². The zero-order valence-electron chi connectivity index (χ0n) is 12.8. The van der Waals surface area contributed by atoms with E-state index < -0.39 is 0 Å². The lowest BCUT2D eigenvalue weighted by atomic mass is 10.1. The van der Waals surface area contributed by atoms with Crippen molar-refractivity contribution in [3.8, 4) is 6.07 Å². The van der Waals surface area contributed by atoms with E-state index in [-0.39, 0.29) is 0 Å². The second-order valence-corrected chi connectivity index (χ2v) is 5.43. The summed E-state index contributed by atoms with van der Waals surface area (Å²) in [5.74, 6) is 0.881. The van der Waals surface area contributed by atoms with Crippen LogP contribution in [0.4, 0.5) is 5.69 Å². The van der Waals surface area contributed by atoms with Crippen LogP contribution in [0.5, 0.6) is 0 Å². The Bertz CT molecular complexity index is 611. The summed E-state index contributed by atoms with van der Waals surface area (Å²) in [6, 6.07) is 12.5. The third-order valence-corrected chi connectivity index (χ3v) is 3.28. The fourth-order valence-electron chi connectivity index (χ4n) is 2.16. The highest BCUT2D eigenvalue weighted by Gasteiger charge is 2.10. The summed E-state index contributed by atoms with van der Waals surface area (Å²) in [6.45, 7) is 5.63. The summed E-state index contributed by atoms with van der Waals surface area (Å²) in [4.78, 5) is 2.02. The molecule has 4 heteroatoms. The Morgan fingerprint density at radius 1 is 1.33 bits per heavy atom. The molecular weight excluding hydrogens is 262 g/mol. The van der Waals surface area contributed by atoms with Crippen LogP contribution in [0.3, 0.4) is 0 Å². The van der Waals surface area contributed by atoms with Gasteiger partial charge < -0.3 is 14.6 Å². The van der Waals surface area contributed by atoms with E-state index in [4.69, 9.17) is 4.42 Å². The van der Waals surface area contributed by atoms with Crippen molar-refractivity contribution in [2.75, 3.05) is 11.9 Å². The molecule has 1 heterocycles. The van der Waals surface area contributed by atoms with Crippen LogP contribution in [-0.4, -0.2) is 13.1 Å². The van der Waals surface area contributed by atoms with Gasteiger partial charge in [-0.25, -0.2) is 0 Å². The number of nitrogens with one attached hydrogen (secondary N) is 1. The van der Waals surface area contributed by atoms with E-state index in [2.05, 4.69) is 31.3 Å². The topological polar surface area (TPSA) is 52.2 Å². The molecule has 0 aliphatic rings. The number of rotatable bonds is 6. The summed E-state index contributed by atoms with van der Waals surface area (Å²) in [5.41, 5.74) is 2.73. The number of nitriles is 1. The largest absolute Gasteiger partial charge is 0.467 e. The maximum absolute atomic E-state index is 9.37. The molecule has 0 fully saturated rings.